The molecule has 0 saturated carbocycles. The van der Waals surface area contributed by atoms with Gasteiger partial charge in [0.05, 0.1) is 6.10 Å². The van der Waals surface area contributed by atoms with E-state index < -0.39 is 0 Å². The molecule has 25 heavy (non-hydrogen) atoms. The third-order valence-corrected chi connectivity index (χ3v) is 3.59. The van der Waals surface area contributed by atoms with Crippen LogP contribution in [0.5, 0.6) is 5.75 Å². The number of phenolic OH excluding ortho intramolecular Hbond substituents is 1. The molecule has 0 bridgehead atoms. The number of hydrogen-bond donors (Lipinski definition) is 2. The topological polar surface area (TPSA) is 57.5 Å². The van der Waals surface area contributed by atoms with E-state index in [2.05, 4.69) is 6.92 Å². The molecule has 0 aliphatic rings. The van der Waals surface area contributed by atoms with Crippen LogP contribution in [0.15, 0.2) is 48.5 Å². The summed E-state index contributed by atoms with van der Waals surface area (Å²) in [5, 5.41) is 18.0. The molecular weight excluding hydrogens is 312 g/mol. The van der Waals surface area contributed by atoms with Crippen LogP contribution in [0.3, 0.4) is 0 Å². The quantitative estimate of drug-likeness (QED) is 0.669. The van der Waals surface area contributed by atoms with Crippen LogP contribution in [0.25, 0.3) is 11.1 Å². The molecule has 2 N–H and O–H groups in total. The molecule has 0 fully saturated rings. The van der Waals surface area contributed by atoms with Gasteiger partial charge in [0.15, 0.2) is 5.78 Å². The van der Waals surface area contributed by atoms with Gasteiger partial charge >= 0.3 is 0 Å². The molecule has 138 valence electrons. The lowest BCUT2D eigenvalue weighted by molar-refractivity contribution is 0.101. The number of hydrogen-bond acceptors (Lipinski definition) is 3. The first-order chi connectivity index (χ1) is 12.0. The molecule has 1 atom stereocenters. The summed E-state index contributed by atoms with van der Waals surface area (Å²) in [6.45, 7) is 9.63. The highest BCUT2D eigenvalue weighted by atomic mass is 16.3. The van der Waals surface area contributed by atoms with Crippen LogP contribution in [0.1, 0.15) is 64.2 Å². The summed E-state index contributed by atoms with van der Waals surface area (Å²) in [4.78, 5) is 11.1. The molecule has 0 aliphatic heterocycles. The second-order valence-electron chi connectivity index (χ2n) is 5.53. The maximum atomic E-state index is 11.1. The normalized spacial score (nSPS) is 10.6. The molecule has 3 heteroatoms. The molecular formula is C22H32O3. The van der Waals surface area contributed by atoms with Crippen LogP contribution in [0.2, 0.25) is 0 Å². The molecule has 0 aliphatic carbocycles. The third kappa shape index (κ3) is 9.06. The smallest absolute Gasteiger partial charge is 0.159 e. The fraction of sp³-hybridized carbons (Fsp3) is 0.409. The highest BCUT2D eigenvalue weighted by molar-refractivity contribution is 5.94. The SMILES string of the molecule is CC.CC(=O)c1ccc(-c2ccc(O)cc2)cc1.CCCC(O)CC. The molecule has 0 radical (unpaired) electrons. The Labute approximate surface area is 152 Å². The summed E-state index contributed by atoms with van der Waals surface area (Å²) < 4.78 is 0. The predicted molar refractivity (Wildman–Crippen MR) is 106 cm³/mol. The van der Waals surface area contributed by atoms with E-state index in [1.54, 1.807) is 19.1 Å². The molecule has 0 heterocycles. The molecule has 0 amide bonds. The Kier molecular flexibility index (Phi) is 12.1. The number of aliphatic hydroxyl groups excluding tert-OH is 1. The van der Waals surface area contributed by atoms with Gasteiger partial charge in [-0.25, -0.2) is 0 Å². The summed E-state index contributed by atoms with van der Waals surface area (Å²) in [6, 6.07) is 14.4. The van der Waals surface area contributed by atoms with E-state index in [1.807, 2.05) is 57.2 Å². The van der Waals surface area contributed by atoms with Crippen LogP contribution < -0.4 is 0 Å². The molecule has 3 nitrogen and oxygen atoms in total. The average molecular weight is 344 g/mol. The minimum Gasteiger partial charge on any atom is -0.508 e. The van der Waals surface area contributed by atoms with Gasteiger partial charge in [0.25, 0.3) is 0 Å². The Morgan fingerprint density at radius 3 is 1.68 bits per heavy atom. The lowest BCUT2D eigenvalue weighted by atomic mass is 10.0. The largest absolute Gasteiger partial charge is 0.508 e. The van der Waals surface area contributed by atoms with Crippen LogP contribution in [-0.2, 0) is 0 Å². The second-order valence-corrected chi connectivity index (χ2v) is 5.53. The van der Waals surface area contributed by atoms with Crippen molar-refractivity contribution in [2.24, 2.45) is 0 Å². The number of carbonyl (C=O) groups excluding carboxylic acids is 1. The van der Waals surface area contributed by atoms with Gasteiger partial charge in [-0.2, -0.15) is 0 Å². The zero-order valence-corrected chi connectivity index (χ0v) is 16.1. The van der Waals surface area contributed by atoms with Crippen molar-refractivity contribution >= 4 is 5.78 Å². The van der Waals surface area contributed by atoms with E-state index in [0.717, 1.165) is 30.4 Å². The standard InChI is InChI=1S/C14H12O2.C6H14O.C2H6/c1-10(15)11-2-4-12(5-3-11)13-6-8-14(16)9-7-13;1-3-5-6(7)4-2;1-2/h2-9,16H,1H3;6-7H,3-5H2,1-2H3;1-2H3. The molecule has 0 saturated heterocycles. The number of carbonyl (C=O) groups is 1. The van der Waals surface area contributed by atoms with Crippen molar-refractivity contribution in [3.8, 4) is 16.9 Å². The Hall–Kier alpha value is -2.13. The van der Waals surface area contributed by atoms with Crippen LogP contribution >= 0.6 is 0 Å². The van der Waals surface area contributed by atoms with Gasteiger partial charge < -0.3 is 10.2 Å². The first-order valence-corrected chi connectivity index (χ1v) is 9.06. The zero-order valence-electron chi connectivity index (χ0n) is 16.1. The minimum atomic E-state index is -0.0509. The lowest BCUT2D eigenvalue weighted by Crippen LogP contribution is -2.01. The number of aliphatic hydroxyl groups is 1. The van der Waals surface area contributed by atoms with Gasteiger partial charge in [-0.3, -0.25) is 4.79 Å². The number of ketones is 1. The van der Waals surface area contributed by atoms with Gasteiger partial charge in [0, 0.05) is 5.56 Å². The van der Waals surface area contributed by atoms with Crippen molar-refractivity contribution in [1.29, 1.82) is 0 Å². The van der Waals surface area contributed by atoms with Crippen molar-refractivity contribution in [3.05, 3.63) is 54.1 Å². The van der Waals surface area contributed by atoms with Crippen LogP contribution in [0.4, 0.5) is 0 Å². The highest BCUT2D eigenvalue weighted by Crippen LogP contribution is 2.22. The van der Waals surface area contributed by atoms with Gasteiger partial charge in [0.2, 0.25) is 0 Å². The Balaban J connectivity index is 0.000000544. The number of phenols is 1. The van der Waals surface area contributed by atoms with E-state index >= 15 is 0 Å². The van der Waals surface area contributed by atoms with E-state index in [4.69, 9.17) is 5.11 Å². The summed E-state index contributed by atoms with van der Waals surface area (Å²) >= 11 is 0. The molecule has 2 rings (SSSR count). The molecule has 0 spiro atoms. The van der Waals surface area contributed by atoms with E-state index in [9.17, 15) is 9.90 Å². The first-order valence-electron chi connectivity index (χ1n) is 9.06. The average Bonchev–Trinajstić information content (AvgIpc) is 2.65. The number of benzene rings is 2. The van der Waals surface area contributed by atoms with Crippen molar-refractivity contribution in [1.82, 2.24) is 0 Å². The molecule has 2 aromatic rings. The van der Waals surface area contributed by atoms with Crippen molar-refractivity contribution in [2.45, 2.75) is 60.0 Å². The highest BCUT2D eigenvalue weighted by Gasteiger charge is 2.00. The lowest BCUT2D eigenvalue weighted by Gasteiger charge is -2.02. The second kappa shape index (κ2) is 13.2. The third-order valence-electron chi connectivity index (χ3n) is 3.59. The summed E-state index contributed by atoms with van der Waals surface area (Å²) in [5.74, 6) is 0.321. The summed E-state index contributed by atoms with van der Waals surface area (Å²) in [6.07, 6.45) is 2.89. The maximum Gasteiger partial charge on any atom is 0.159 e. The maximum absolute atomic E-state index is 11.1. The zero-order chi connectivity index (χ0) is 19.2. The van der Waals surface area contributed by atoms with Gasteiger partial charge in [-0.15, -0.1) is 0 Å². The number of Topliss-reactive ketones (excluding diaryl/α,β-unsaturated/α-hetero) is 1. The van der Waals surface area contributed by atoms with E-state index in [-0.39, 0.29) is 17.6 Å². The summed E-state index contributed by atoms with van der Waals surface area (Å²) in [5.41, 5.74) is 2.76. The van der Waals surface area contributed by atoms with Gasteiger partial charge in [-0.1, -0.05) is 70.5 Å². The molecule has 2 aromatic carbocycles. The summed E-state index contributed by atoms with van der Waals surface area (Å²) in [7, 11) is 0. The number of rotatable bonds is 5. The molecule has 0 aromatic heterocycles. The molecule has 1 unspecified atom stereocenters. The Morgan fingerprint density at radius 2 is 1.36 bits per heavy atom. The fourth-order valence-electron chi connectivity index (χ4n) is 2.09. The van der Waals surface area contributed by atoms with Gasteiger partial charge in [0.1, 0.15) is 5.75 Å². The van der Waals surface area contributed by atoms with E-state index in [1.165, 1.54) is 0 Å². The predicted octanol–water partition coefficient (Wildman–Crippen LogP) is 5.85. The number of aromatic hydroxyl groups is 1. The van der Waals surface area contributed by atoms with Crippen LogP contribution in [0, 0.1) is 0 Å². The van der Waals surface area contributed by atoms with Crippen molar-refractivity contribution in [3.63, 3.8) is 0 Å². The Morgan fingerprint density at radius 1 is 0.920 bits per heavy atom. The monoisotopic (exact) mass is 344 g/mol. The van der Waals surface area contributed by atoms with Crippen molar-refractivity contribution in [2.75, 3.05) is 0 Å². The minimum absolute atomic E-state index is 0.0509. The first kappa shape index (κ1) is 22.9. The van der Waals surface area contributed by atoms with E-state index in [0.29, 0.717) is 5.56 Å². The van der Waals surface area contributed by atoms with Gasteiger partial charge in [-0.05, 0) is 43.0 Å². The fourth-order valence-corrected chi connectivity index (χ4v) is 2.09. The van der Waals surface area contributed by atoms with Crippen LogP contribution in [-0.4, -0.2) is 22.1 Å². The Bertz CT molecular complexity index is 586. The van der Waals surface area contributed by atoms with Crippen molar-refractivity contribution < 1.29 is 15.0 Å².